The molecule has 2 heterocycles. The highest BCUT2D eigenvalue weighted by molar-refractivity contribution is 7.80. The lowest BCUT2D eigenvalue weighted by Gasteiger charge is -2.14. The van der Waals surface area contributed by atoms with Crippen molar-refractivity contribution in [2.24, 2.45) is 0 Å². The lowest BCUT2D eigenvalue weighted by atomic mass is 10.2. The molecule has 0 saturated carbocycles. The molecule has 0 unspecified atom stereocenters. The predicted octanol–water partition coefficient (Wildman–Crippen LogP) is 3.80. The van der Waals surface area contributed by atoms with E-state index in [0.717, 1.165) is 4.88 Å². The maximum absolute atomic E-state index is 13.2. The SMILES string of the molecule is O=C1C(=Cc2cccs2)NC(=S)N1c1ccc(F)c(Cl)c1. The Morgan fingerprint density at radius 3 is 2.86 bits per heavy atom. The third kappa shape index (κ3) is 2.70. The molecule has 3 nitrogen and oxygen atoms in total. The van der Waals surface area contributed by atoms with E-state index in [1.807, 2.05) is 17.5 Å². The van der Waals surface area contributed by atoms with Gasteiger partial charge in [0.1, 0.15) is 11.5 Å². The quantitative estimate of drug-likeness (QED) is 0.667. The van der Waals surface area contributed by atoms with Crippen LogP contribution in [0.1, 0.15) is 4.88 Å². The van der Waals surface area contributed by atoms with E-state index >= 15 is 0 Å². The van der Waals surface area contributed by atoms with Gasteiger partial charge in [-0.3, -0.25) is 9.69 Å². The fraction of sp³-hybridized carbons (Fsp3) is 0. The van der Waals surface area contributed by atoms with Gasteiger partial charge in [0.2, 0.25) is 0 Å². The molecule has 1 amide bonds. The summed E-state index contributed by atoms with van der Waals surface area (Å²) in [5.41, 5.74) is 0.807. The average Bonchev–Trinajstić information content (AvgIpc) is 3.03. The highest BCUT2D eigenvalue weighted by Crippen LogP contribution is 2.27. The van der Waals surface area contributed by atoms with E-state index in [1.54, 1.807) is 6.08 Å². The summed E-state index contributed by atoms with van der Waals surface area (Å²) in [6.07, 6.45) is 1.73. The molecule has 1 N–H and O–H groups in total. The van der Waals surface area contributed by atoms with Crippen molar-refractivity contribution in [3.63, 3.8) is 0 Å². The van der Waals surface area contributed by atoms with Crippen LogP contribution in [0.15, 0.2) is 41.4 Å². The van der Waals surface area contributed by atoms with Gasteiger partial charge >= 0.3 is 0 Å². The molecule has 1 aromatic carbocycles. The number of nitrogens with one attached hydrogen (secondary N) is 1. The van der Waals surface area contributed by atoms with Crippen molar-refractivity contribution in [3.8, 4) is 0 Å². The van der Waals surface area contributed by atoms with Crippen molar-refractivity contribution in [1.82, 2.24) is 5.32 Å². The monoisotopic (exact) mass is 338 g/mol. The first kappa shape index (κ1) is 14.2. The van der Waals surface area contributed by atoms with Crippen LogP contribution in [0.4, 0.5) is 10.1 Å². The first-order valence-electron chi connectivity index (χ1n) is 5.92. The molecule has 0 atom stereocenters. The maximum atomic E-state index is 13.2. The Balaban J connectivity index is 1.95. The lowest BCUT2D eigenvalue weighted by Crippen LogP contribution is -2.30. The van der Waals surface area contributed by atoms with Gasteiger partial charge in [0, 0.05) is 4.88 Å². The Labute approximate surface area is 134 Å². The van der Waals surface area contributed by atoms with Gasteiger partial charge in [-0.05, 0) is 47.9 Å². The Morgan fingerprint density at radius 1 is 1.38 bits per heavy atom. The Bertz CT molecular complexity index is 758. The fourth-order valence-corrected chi connectivity index (χ4v) is 3.04. The first-order valence-corrected chi connectivity index (χ1v) is 7.58. The summed E-state index contributed by atoms with van der Waals surface area (Å²) >= 11 is 12.4. The van der Waals surface area contributed by atoms with Gasteiger partial charge in [0.25, 0.3) is 5.91 Å². The number of halogens is 2. The topological polar surface area (TPSA) is 32.3 Å². The van der Waals surface area contributed by atoms with Crippen LogP contribution < -0.4 is 10.2 Å². The number of carbonyl (C=O) groups is 1. The van der Waals surface area contributed by atoms with Gasteiger partial charge in [-0.2, -0.15) is 0 Å². The number of rotatable bonds is 2. The molecule has 1 aromatic heterocycles. The zero-order valence-corrected chi connectivity index (χ0v) is 12.9. The molecule has 0 spiro atoms. The van der Waals surface area contributed by atoms with E-state index in [9.17, 15) is 9.18 Å². The van der Waals surface area contributed by atoms with Gasteiger partial charge in [0.15, 0.2) is 5.11 Å². The average molecular weight is 339 g/mol. The molecule has 3 rings (SSSR count). The lowest BCUT2D eigenvalue weighted by molar-refractivity contribution is -0.113. The van der Waals surface area contributed by atoms with E-state index in [1.165, 1.54) is 34.4 Å². The Kier molecular flexibility index (Phi) is 3.75. The zero-order valence-electron chi connectivity index (χ0n) is 10.5. The standard InChI is InChI=1S/C14H8ClFN2OS2/c15-10-6-8(3-4-11(10)16)18-13(19)12(17-14(18)20)7-9-2-1-5-21-9/h1-7H,(H,17,20). The second kappa shape index (κ2) is 5.55. The first-order chi connectivity index (χ1) is 10.1. The number of benzene rings is 1. The van der Waals surface area contributed by atoms with Crippen molar-refractivity contribution in [3.05, 3.63) is 57.1 Å². The van der Waals surface area contributed by atoms with Crippen LogP contribution in [0.5, 0.6) is 0 Å². The molecule has 1 aliphatic heterocycles. The molecule has 106 valence electrons. The normalized spacial score (nSPS) is 16.7. The molecule has 0 aliphatic carbocycles. The van der Waals surface area contributed by atoms with Crippen molar-refractivity contribution in [2.45, 2.75) is 0 Å². The van der Waals surface area contributed by atoms with Gasteiger partial charge in [0.05, 0.1) is 10.7 Å². The van der Waals surface area contributed by atoms with Crippen molar-refractivity contribution in [1.29, 1.82) is 0 Å². The minimum absolute atomic E-state index is 0.0567. The number of amides is 1. The Morgan fingerprint density at radius 2 is 2.19 bits per heavy atom. The van der Waals surface area contributed by atoms with Gasteiger partial charge < -0.3 is 5.32 Å². The van der Waals surface area contributed by atoms with E-state index < -0.39 is 5.82 Å². The minimum atomic E-state index is -0.541. The molecule has 21 heavy (non-hydrogen) atoms. The summed E-state index contributed by atoms with van der Waals surface area (Å²) in [5.74, 6) is -0.837. The summed E-state index contributed by atoms with van der Waals surface area (Å²) in [7, 11) is 0. The Hall–Kier alpha value is -1.76. The van der Waals surface area contributed by atoms with Crippen molar-refractivity contribution < 1.29 is 9.18 Å². The van der Waals surface area contributed by atoms with Crippen LogP contribution in [-0.2, 0) is 4.79 Å². The van der Waals surface area contributed by atoms with E-state index in [4.69, 9.17) is 23.8 Å². The second-order valence-corrected chi connectivity index (χ2v) is 6.02. The van der Waals surface area contributed by atoms with Gasteiger partial charge in [-0.1, -0.05) is 17.7 Å². The van der Waals surface area contributed by atoms with Crippen LogP contribution in [0.2, 0.25) is 5.02 Å². The molecule has 0 bridgehead atoms. The smallest absolute Gasteiger partial charge is 0.281 e. The highest BCUT2D eigenvalue weighted by atomic mass is 35.5. The second-order valence-electron chi connectivity index (χ2n) is 4.24. The summed E-state index contributed by atoms with van der Waals surface area (Å²) in [5, 5.41) is 4.97. The number of nitrogens with zero attached hydrogens (tertiary/aromatic N) is 1. The van der Waals surface area contributed by atoms with Crippen molar-refractivity contribution >= 4 is 57.9 Å². The molecular weight excluding hydrogens is 331 g/mol. The maximum Gasteiger partial charge on any atom is 0.281 e. The number of thiophene rings is 1. The molecular formula is C14H8ClFN2OS2. The molecule has 1 saturated heterocycles. The highest BCUT2D eigenvalue weighted by Gasteiger charge is 2.32. The minimum Gasteiger partial charge on any atom is -0.327 e. The third-order valence-corrected chi connectivity index (χ3v) is 4.26. The zero-order chi connectivity index (χ0) is 15.0. The molecule has 7 heteroatoms. The number of hydrogen-bond acceptors (Lipinski definition) is 3. The van der Waals surface area contributed by atoms with Gasteiger partial charge in [-0.15, -0.1) is 11.3 Å². The number of anilines is 1. The predicted molar refractivity (Wildman–Crippen MR) is 86.9 cm³/mol. The summed E-state index contributed by atoms with van der Waals surface area (Å²) in [4.78, 5) is 14.6. The molecule has 2 aromatic rings. The number of carbonyl (C=O) groups excluding carboxylic acids is 1. The van der Waals surface area contributed by atoms with Crippen molar-refractivity contribution in [2.75, 3.05) is 4.90 Å². The van der Waals surface area contributed by atoms with E-state index in [0.29, 0.717) is 11.4 Å². The van der Waals surface area contributed by atoms with E-state index in [-0.39, 0.29) is 16.0 Å². The number of thiocarbonyl (C=S) groups is 1. The molecule has 1 fully saturated rings. The van der Waals surface area contributed by atoms with Crippen LogP contribution in [0, 0.1) is 5.82 Å². The van der Waals surface area contributed by atoms with E-state index in [2.05, 4.69) is 5.32 Å². The summed E-state index contributed by atoms with van der Waals surface area (Å²) in [6.45, 7) is 0. The van der Waals surface area contributed by atoms with Crippen LogP contribution >= 0.6 is 35.2 Å². The fourth-order valence-electron chi connectivity index (χ4n) is 1.91. The summed E-state index contributed by atoms with van der Waals surface area (Å²) < 4.78 is 13.2. The van der Waals surface area contributed by atoms with Crippen LogP contribution in [0.25, 0.3) is 6.08 Å². The largest absolute Gasteiger partial charge is 0.327 e. The molecule has 1 aliphatic rings. The molecule has 0 radical (unpaired) electrons. The number of hydrogen-bond donors (Lipinski definition) is 1. The third-order valence-electron chi connectivity index (χ3n) is 2.87. The summed E-state index contributed by atoms with van der Waals surface area (Å²) in [6, 6.07) is 7.83. The van der Waals surface area contributed by atoms with Crippen LogP contribution in [0.3, 0.4) is 0 Å². The van der Waals surface area contributed by atoms with Crippen LogP contribution in [-0.4, -0.2) is 11.0 Å². The van der Waals surface area contributed by atoms with Gasteiger partial charge in [-0.25, -0.2) is 4.39 Å².